The van der Waals surface area contributed by atoms with Gasteiger partial charge in [-0.2, -0.15) is 0 Å². The highest BCUT2D eigenvalue weighted by atomic mass is 32.1. The maximum absolute atomic E-state index is 5.84. The van der Waals surface area contributed by atoms with E-state index in [-0.39, 0.29) is 0 Å². The summed E-state index contributed by atoms with van der Waals surface area (Å²) in [5.74, 6) is 1.27. The summed E-state index contributed by atoms with van der Waals surface area (Å²) in [6.45, 7) is 8.46. The van der Waals surface area contributed by atoms with Crippen LogP contribution in [0.4, 0.5) is 0 Å². The predicted octanol–water partition coefficient (Wildman–Crippen LogP) is 2.27. The monoisotopic (exact) mass is 294 g/mol. The van der Waals surface area contributed by atoms with Crippen molar-refractivity contribution in [3.05, 3.63) is 22.4 Å². The van der Waals surface area contributed by atoms with Gasteiger partial charge in [-0.05, 0) is 57.1 Å². The Balaban J connectivity index is 1.69. The highest BCUT2D eigenvalue weighted by Gasteiger charge is 2.19. The Labute approximate surface area is 126 Å². The molecule has 0 amide bonds. The molecule has 1 aromatic heterocycles. The van der Waals surface area contributed by atoms with E-state index < -0.39 is 0 Å². The number of thiophene rings is 1. The number of aliphatic imine (C=N–C) groups is 1. The van der Waals surface area contributed by atoms with Crippen molar-refractivity contribution in [3.63, 3.8) is 0 Å². The predicted molar refractivity (Wildman–Crippen MR) is 87.1 cm³/mol. The van der Waals surface area contributed by atoms with Gasteiger partial charge < -0.3 is 11.1 Å². The molecule has 0 bridgehead atoms. The Morgan fingerprint density at radius 3 is 2.85 bits per heavy atom. The van der Waals surface area contributed by atoms with Crippen LogP contribution in [0, 0.1) is 5.92 Å². The molecular formula is C15H26N4S. The molecule has 0 saturated carbocycles. The number of nitrogens with zero attached hydrogens (tertiary/aromatic N) is 2. The van der Waals surface area contributed by atoms with Gasteiger partial charge in [-0.15, -0.1) is 11.3 Å². The van der Waals surface area contributed by atoms with Gasteiger partial charge in [0.2, 0.25) is 0 Å². The standard InChI is InChI=1S/C15H26N4S/c1-12(2)18-15(16)17-10-13-5-7-19(8-6-13)11-14-4-3-9-20-14/h3-4,9,12-13H,5-8,10-11H2,1-2H3,(H3,16,17,18). The fourth-order valence-corrected chi connectivity index (χ4v) is 3.27. The zero-order chi connectivity index (χ0) is 14.4. The van der Waals surface area contributed by atoms with Crippen LogP contribution in [0.3, 0.4) is 0 Å². The van der Waals surface area contributed by atoms with Crippen molar-refractivity contribution in [3.8, 4) is 0 Å². The van der Waals surface area contributed by atoms with Crippen LogP contribution in [-0.4, -0.2) is 36.5 Å². The molecule has 0 aromatic carbocycles. The minimum atomic E-state index is 0.353. The van der Waals surface area contributed by atoms with Crippen LogP contribution in [0.15, 0.2) is 22.5 Å². The average Bonchev–Trinajstić information content (AvgIpc) is 2.90. The average molecular weight is 294 g/mol. The minimum Gasteiger partial charge on any atom is -0.370 e. The lowest BCUT2D eigenvalue weighted by molar-refractivity contribution is 0.182. The van der Waals surface area contributed by atoms with E-state index in [1.165, 1.54) is 30.8 Å². The van der Waals surface area contributed by atoms with Gasteiger partial charge in [0.25, 0.3) is 0 Å². The second-order valence-corrected chi connectivity index (χ2v) is 6.86. The molecule has 0 atom stereocenters. The summed E-state index contributed by atoms with van der Waals surface area (Å²) in [7, 11) is 0. The number of nitrogens with two attached hydrogens (primary N) is 1. The lowest BCUT2D eigenvalue weighted by Crippen LogP contribution is -2.38. The van der Waals surface area contributed by atoms with E-state index in [0.29, 0.717) is 17.9 Å². The summed E-state index contributed by atoms with van der Waals surface area (Å²) in [5.41, 5.74) is 5.84. The van der Waals surface area contributed by atoms with Crippen LogP contribution in [0.5, 0.6) is 0 Å². The molecule has 1 saturated heterocycles. The topological polar surface area (TPSA) is 53.6 Å². The van der Waals surface area contributed by atoms with E-state index in [1.807, 2.05) is 11.3 Å². The van der Waals surface area contributed by atoms with Gasteiger partial charge in [0, 0.05) is 24.0 Å². The lowest BCUT2D eigenvalue weighted by Gasteiger charge is -2.30. The van der Waals surface area contributed by atoms with Gasteiger partial charge in [0.1, 0.15) is 0 Å². The molecule has 20 heavy (non-hydrogen) atoms. The number of likely N-dealkylation sites (tertiary alicyclic amines) is 1. The number of nitrogens with one attached hydrogen (secondary N) is 1. The first kappa shape index (κ1) is 15.3. The highest BCUT2D eigenvalue weighted by molar-refractivity contribution is 7.09. The van der Waals surface area contributed by atoms with Crippen molar-refractivity contribution in [1.82, 2.24) is 10.2 Å². The summed E-state index contributed by atoms with van der Waals surface area (Å²) in [5, 5.41) is 5.29. The molecule has 1 aliphatic heterocycles. The van der Waals surface area contributed by atoms with Gasteiger partial charge in [-0.3, -0.25) is 9.89 Å². The quantitative estimate of drug-likeness (QED) is 0.647. The number of rotatable bonds is 5. The lowest BCUT2D eigenvalue weighted by atomic mass is 9.97. The fraction of sp³-hybridized carbons (Fsp3) is 0.667. The summed E-state index contributed by atoms with van der Waals surface area (Å²) in [6.07, 6.45) is 2.45. The summed E-state index contributed by atoms with van der Waals surface area (Å²) in [4.78, 5) is 8.46. The van der Waals surface area contributed by atoms with E-state index in [4.69, 9.17) is 5.73 Å². The number of guanidine groups is 1. The Morgan fingerprint density at radius 2 is 2.25 bits per heavy atom. The third kappa shape index (κ3) is 5.13. The van der Waals surface area contributed by atoms with Gasteiger partial charge in [-0.1, -0.05) is 6.07 Å². The van der Waals surface area contributed by atoms with Crippen molar-refractivity contribution in [1.29, 1.82) is 0 Å². The van der Waals surface area contributed by atoms with Gasteiger partial charge in [-0.25, -0.2) is 0 Å². The summed E-state index contributed by atoms with van der Waals surface area (Å²) in [6, 6.07) is 4.71. The van der Waals surface area contributed by atoms with Crippen molar-refractivity contribution >= 4 is 17.3 Å². The molecule has 1 aliphatic rings. The number of piperidine rings is 1. The fourth-order valence-electron chi connectivity index (χ4n) is 2.52. The molecule has 3 N–H and O–H groups in total. The molecule has 0 spiro atoms. The van der Waals surface area contributed by atoms with Gasteiger partial charge >= 0.3 is 0 Å². The minimum absolute atomic E-state index is 0.353. The maximum Gasteiger partial charge on any atom is 0.188 e. The number of hydrogen-bond donors (Lipinski definition) is 2. The van der Waals surface area contributed by atoms with Crippen molar-refractivity contribution in [2.24, 2.45) is 16.6 Å². The smallest absolute Gasteiger partial charge is 0.188 e. The molecule has 1 fully saturated rings. The third-order valence-electron chi connectivity index (χ3n) is 3.62. The highest BCUT2D eigenvalue weighted by Crippen LogP contribution is 2.20. The molecule has 1 aromatic rings. The van der Waals surface area contributed by atoms with Crippen molar-refractivity contribution in [2.75, 3.05) is 19.6 Å². The summed E-state index contributed by atoms with van der Waals surface area (Å²) < 4.78 is 0. The van der Waals surface area contributed by atoms with Crippen LogP contribution in [0.1, 0.15) is 31.6 Å². The van der Waals surface area contributed by atoms with Crippen LogP contribution >= 0.6 is 11.3 Å². The van der Waals surface area contributed by atoms with Crippen LogP contribution in [0.25, 0.3) is 0 Å². The molecule has 5 heteroatoms. The maximum atomic E-state index is 5.84. The molecule has 0 aliphatic carbocycles. The van der Waals surface area contributed by atoms with E-state index in [9.17, 15) is 0 Å². The Bertz CT molecular complexity index is 406. The van der Waals surface area contributed by atoms with Crippen molar-refractivity contribution < 1.29 is 0 Å². The first-order valence-electron chi connectivity index (χ1n) is 7.44. The van der Waals surface area contributed by atoms with Crippen LogP contribution in [-0.2, 0) is 6.54 Å². The van der Waals surface area contributed by atoms with E-state index in [0.717, 1.165) is 13.1 Å². The largest absolute Gasteiger partial charge is 0.370 e. The van der Waals surface area contributed by atoms with Gasteiger partial charge in [0.05, 0.1) is 0 Å². The Kier molecular flexibility index (Phi) is 5.86. The first-order chi connectivity index (χ1) is 9.63. The normalized spacial score (nSPS) is 18.6. The zero-order valence-electron chi connectivity index (χ0n) is 12.5. The second kappa shape index (κ2) is 7.64. The van der Waals surface area contributed by atoms with E-state index in [1.54, 1.807) is 0 Å². The molecule has 2 rings (SSSR count). The second-order valence-electron chi connectivity index (χ2n) is 5.82. The third-order valence-corrected chi connectivity index (χ3v) is 4.48. The molecule has 0 unspecified atom stereocenters. The van der Waals surface area contributed by atoms with Crippen LogP contribution in [0.2, 0.25) is 0 Å². The van der Waals surface area contributed by atoms with E-state index >= 15 is 0 Å². The Hall–Kier alpha value is -1.07. The Morgan fingerprint density at radius 1 is 1.50 bits per heavy atom. The molecule has 0 radical (unpaired) electrons. The number of hydrogen-bond acceptors (Lipinski definition) is 3. The molecule has 112 valence electrons. The van der Waals surface area contributed by atoms with Crippen LogP contribution < -0.4 is 11.1 Å². The SMILES string of the molecule is CC(C)NC(N)=NCC1CCN(Cc2cccs2)CC1. The molecule has 4 nitrogen and oxygen atoms in total. The zero-order valence-corrected chi connectivity index (χ0v) is 13.3. The molecule has 2 heterocycles. The van der Waals surface area contributed by atoms with E-state index in [2.05, 4.69) is 46.6 Å². The molecular weight excluding hydrogens is 268 g/mol. The first-order valence-corrected chi connectivity index (χ1v) is 8.32. The van der Waals surface area contributed by atoms with Crippen molar-refractivity contribution in [2.45, 2.75) is 39.3 Å². The summed E-state index contributed by atoms with van der Waals surface area (Å²) >= 11 is 1.85. The van der Waals surface area contributed by atoms with Gasteiger partial charge in [0.15, 0.2) is 5.96 Å².